The van der Waals surface area contributed by atoms with Gasteiger partial charge in [-0.1, -0.05) is 11.8 Å². The number of aliphatic carboxylic acids is 1. The molecule has 1 atom stereocenters. The molecule has 0 aromatic heterocycles. The first-order valence-electron chi connectivity index (χ1n) is 6.35. The summed E-state index contributed by atoms with van der Waals surface area (Å²) in [7, 11) is 0. The normalized spacial score (nSPS) is 19.5. The highest BCUT2D eigenvalue weighted by atomic mass is 32.2. The lowest BCUT2D eigenvalue weighted by atomic mass is 10.1. The molecule has 0 aliphatic carbocycles. The van der Waals surface area contributed by atoms with E-state index in [0.717, 1.165) is 18.0 Å². The molecule has 2 N–H and O–H groups in total. The van der Waals surface area contributed by atoms with Crippen LogP contribution in [0.2, 0.25) is 0 Å². The zero-order valence-corrected chi connectivity index (χ0v) is 12.5. The molecular formula is C13H9F4N3O3S. The predicted octanol–water partition coefficient (Wildman–Crippen LogP) is 2.30. The number of carbonyl (C=O) groups is 2. The molecule has 11 heteroatoms. The van der Waals surface area contributed by atoms with E-state index < -0.39 is 52.7 Å². The maximum atomic E-state index is 13.6. The zero-order chi connectivity index (χ0) is 17.9. The Labute approximate surface area is 136 Å². The Kier molecular flexibility index (Phi) is 5.54. The van der Waals surface area contributed by atoms with Crippen molar-refractivity contribution in [1.29, 1.82) is 0 Å². The van der Waals surface area contributed by atoms with Crippen LogP contribution in [0.1, 0.15) is 24.0 Å². The highest BCUT2D eigenvalue weighted by Crippen LogP contribution is 2.24. The molecule has 1 aliphatic rings. The number of nitrogens with one attached hydrogen (secondary N) is 1. The quantitative estimate of drug-likeness (QED) is 0.477. The molecule has 1 amide bonds. The van der Waals surface area contributed by atoms with E-state index in [2.05, 4.69) is 15.5 Å². The SMILES string of the molecule is O=C(O)CC1SC(=NN=Cc2cc(F)c(C(F)F)cc2F)NC1=O. The second-order valence-electron chi connectivity index (χ2n) is 4.54. The number of alkyl halides is 2. The number of halogens is 4. The highest BCUT2D eigenvalue weighted by molar-refractivity contribution is 8.15. The van der Waals surface area contributed by atoms with Gasteiger partial charge >= 0.3 is 5.97 Å². The van der Waals surface area contributed by atoms with Gasteiger partial charge in [-0.25, -0.2) is 17.6 Å². The summed E-state index contributed by atoms with van der Waals surface area (Å²) < 4.78 is 51.8. The molecule has 6 nitrogen and oxygen atoms in total. The fourth-order valence-corrected chi connectivity index (χ4v) is 2.65. The molecule has 1 fully saturated rings. The average molecular weight is 363 g/mol. The summed E-state index contributed by atoms with van der Waals surface area (Å²) in [4.78, 5) is 22.0. The van der Waals surface area contributed by atoms with Crippen molar-refractivity contribution >= 4 is 35.0 Å². The number of thioether (sulfide) groups is 1. The van der Waals surface area contributed by atoms with Gasteiger partial charge in [0.15, 0.2) is 5.17 Å². The van der Waals surface area contributed by atoms with E-state index in [1.165, 1.54) is 0 Å². The lowest BCUT2D eigenvalue weighted by Gasteiger charge is -2.03. The van der Waals surface area contributed by atoms with Crippen LogP contribution in [-0.4, -0.2) is 33.6 Å². The van der Waals surface area contributed by atoms with Crippen molar-refractivity contribution in [3.8, 4) is 0 Å². The summed E-state index contributed by atoms with van der Waals surface area (Å²) in [5.74, 6) is -4.12. The molecule has 1 aromatic carbocycles. The van der Waals surface area contributed by atoms with Gasteiger partial charge in [-0.15, -0.1) is 5.10 Å². The standard InChI is InChI=1S/C13H9F4N3O3S/c14-7-2-6(11(16)17)8(15)1-5(7)4-18-20-13-19-12(23)9(24-13)3-10(21)22/h1-2,4,9,11H,3H2,(H,21,22)(H,19,20,23). The van der Waals surface area contributed by atoms with Crippen LogP contribution in [0.3, 0.4) is 0 Å². The van der Waals surface area contributed by atoms with E-state index in [1.807, 2.05) is 0 Å². The third-order valence-corrected chi connectivity index (χ3v) is 3.91. The summed E-state index contributed by atoms with van der Waals surface area (Å²) in [6, 6.07) is 0.914. The summed E-state index contributed by atoms with van der Waals surface area (Å²) in [6.07, 6.45) is -2.77. The van der Waals surface area contributed by atoms with Gasteiger partial charge in [-0.3, -0.25) is 9.59 Å². The van der Waals surface area contributed by atoms with E-state index in [4.69, 9.17) is 5.11 Å². The molecule has 128 valence electrons. The van der Waals surface area contributed by atoms with Crippen molar-refractivity contribution in [1.82, 2.24) is 5.32 Å². The van der Waals surface area contributed by atoms with Crippen molar-refractivity contribution in [2.75, 3.05) is 0 Å². The number of rotatable bonds is 5. The lowest BCUT2D eigenvalue weighted by molar-refractivity contribution is -0.138. The summed E-state index contributed by atoms with van der Waals surface area (Å²) >= 11 is 0.824. The van der Waals surface area contributed by atoms with Gasteiger partial charge in [-0.05, 0) is 12.1 Å². The van der Waals surface area contributed by atoms with Crippen LogP contribution in [0.25, 0.3) is 0 Å². The van der Waals surface area contributed by atoms with Crippen LogP contribution in [-0.2, 0) is 9.59 Å². The van der Waals surface area contributed by atoms with E-state index >= 15 is 0 Å². The number of benzene rings is 1. The molecular weight excluding hydrogens is 354 g/mol. The van der Waals surface area contributed by atoms with Crippen molar-refractivity contribution in [2.24, 2.45) is 10.2 Å². The maximum Gasteiger partial charge on any atom is 0.305 e. The molecule has 0 spiro atoms. The minimum atomic E-state index is -3.15. The molecule has 0 saturated carbocycles. The number of hydrogen-bond acceptors (Lipinski definition) is 5. The fourth-order valence-electron chi connectivity index (χ4n) is 1.73. The second kappa shape index (κ2) is 7.43. The first kappa shape index (κ1) is 17.9. The lowest BCUT2D eigenvalue weighted by Crippen LogP contribution is -2.26. The van der Waals surface area contributed by atoms with Crippen molar-refractivity contribution in [3.05, 3.63) is 34.9 Å². The first-order valence-corrected chi connectivity index (χ1v) is 7.23. The van der Waals surface area contributed by atoms with Crippen molar-refractivity contribution in [3.63, 3.8) is 0 Å². The first-order chi connectivity index (χ1) is 11.3. The van der Waals surface area contributed by atoms with Crippen LogP contribution in [0, 0.1) is 11.6 Å². The second-order valence-corrected chi connectivity index (χ2v) is 5.73. The van der Waals surface area contributed by atoms with Gasteiger partial charge in [0.1, 0.15) is 16.9 Å². The van der Waals surface area contributed by atoms with Gasteiger partial charge < -0.3 is 10.4 Å². The molecule has 2 rings (SSSR count). The minimum absolute atomic E-state index is 0.00687. The number of amides is 1. The van der Waals surface area contributed by atoms with Crippen LogP contribution in [0.4, 0.5) is 17.6 Å². The van der Waals surface area contributed by atoms with Crippen LogP contribution >= 0.6 is 11.8 Å². The van der Waals surface area contributed by atoms with Gasteiger partial charge in [0.2, 0.25) is 5.91 Å². The van der Waals surface area contributed by atoms with Crippen LogP contribution in [0.15, 0.2) is 22.3 Å². The Hall–Kier alpha value is -2.43. The third-order valence-electron chi connectivity index (χ3n) is 2.83. The minimum Gasteiger partial charge on any atom is -0.481 e. The van der Waals surface area contributed by atoms with E-state index in [9.17, 15) is 27.2 Å². The number of hydrogen-bond donors (Lipinski definition) is 2. The Morgan fingerprint density at radius 1 is 1.38 bits per heavy atom. The summed E-state index contributed by atoms with van der Waals surface area (Å²) in [5, 5.41) is 17.0. The molecule has 1 heterocycles. The monoisotopic (exact) mass is 363 g/mol. The van der Waals surface area contributed by atoms with E-state index in [0.29, 0.717) is 12.1 Å². The molecule has 0 radical (unpaired) electrons. The van der Waals surface area contributed by atoms with Gasteiger partial charge in [-0.2, -0.15) is 5.10 Å². The third kappa shape index (κ3) is 4.31. The molecule has 1 aromatic rings. The van der Waals surface area contributed by atoms with Gasteiger partial charge in [0.05, 0.1) is 18.2 Å². The highest BCUT2D eigenvalue weighted by Gasteiger charge is 2.32. The number of carboxylic acid groups (broad SMARTS) is 1. The Morgan fingerprint density at radius 3 is 2.71 bits per heavy atom. The molecule has 1 saturated heterocycles. The smallest absolute Gasteiger partial charge is 0.305 e. The molecule has 24 heavy (non-hydrogen) atoms. The fraction of sp³-hybridized carbons (Fsp3) is 0.231. The van der Waals surface area contributed by atoms with Gasteiger partial charge in [0, 0.05) is 5.56 Å². The average Bonchev–Trinajstić information content (AvgIpc) is 2.81. The number of carboxylic acids is 1. The topological polar surface area (TPSA) is 91.1 Å². The maximum absolute atomic E-state index is 13.6. The Morgan fingerprint density at radius 2 is 2.08 bits per heavy atom. The zero-order valence-electron chi connectivity index (χ0n) is 11.7. The largest absolute Gasteiger partial charge is 0.481 e. The number of nitrogens with zero attached hydrogens (tertiary/aromatic N) is 2. The van der Waals surface area contributed by atoms with Crippen LogP contribution in [0.5, 0.6) is 0 Å². The molecule has 1 aliphatic heterocycles. The van der Waals surface area contributed by atoms with E-state index in [-0.39, 0.29) is 5.17 Å². The van der Waals surface area contributed by atoms with Crippen molar-refractivity contribution < 1.29 is 32.3 Å². The summed E-state index contributed by atoms with van der Waals surface area (Å²) in [6.45, 7) is 0. The van der Waals surface area contributed by atoms with Crippen molar-refractivity contribution in [2.45, 2.75) is 18.1 Å². The summed E-state index contributed by atoms with van der Waals surface area (Å²) in [5.41, 5.74) is -1.47. The number of amidine groups is 1. The van der Waals surface area contributed by atoms with Gasteiger partial charge in [0.25, 0.3) is 6.43 Å². The Balaban J connectivity index is 2.11. The van der Waals surface area contributed by atoms with Crippen LogP contribution < -0.4 is 5.32 Å². The Bertz CT molecular complexity index is 739. The van der Waals surface area contributed by atoms with E-state index in [1.54, 1.807) is 0 Å². The molecule has 0 bridgehead atoms. The predicted molar refractivity (Wildman–Crippen MR) is 78.1 cm³/mol. The number of carbonyl (C=O) groups excluding carboxylic acids is 1. The molecule has 1 unspecified atom stereocenters.